The molecular formula is C16H25NO2. The lowest BCUT2D eigenvalue weighted by Gasteiger charge is -2.49. The van der Waals surface area contributed by atoms with Crippen LogP contribution in [0, 0.1) is 5.92 Å². The minimum Gasteiger partial charge on any atom is -0.493 e. The summed E-state index contributed by atoms with van der Waals surface area (Å²) in [6, 6.07) is 6.35. The maximum absolute atomic E-state index is 5.43. The van der Waals surface area contributed by atoms with Crippen molar-refractivity contribution in [3.63, 3.8) is 0 Å². The summed E-state index contributed by atoms with van der Waals surface area (Å²) in [5.74, 6) is 2.34. The molecule has 106 valence electrons. The van der Waals surface area contributed by atoms with Crippen LogP contribution < -0.4 is 14.8 Å². The minimum atomic E-state index is 0.259. The number of rotatable bonds is 6. The average Bonchev–Trinajstić information content (AvgIpc) is 2.46. The Labute approximate surface area is 116 Å². The molecule has 1 aliphatic rings. The number of hydrogen-bond acceptors (Lipinski definition) is 3. The second kappa shape index (κ2) is 5.83. The quantitative estimate of drug-likeness (QED) is 0.856. The van der Waals surface area contributed by atoms with Crippen molar-refractivity contribution in [2.75, 3.05) is 27.3 Å². The third kappa shape index (κ3) is 2.44. The SMILES string of the molecule is CCNCC1(c2ccc(OC)c(OC)c2)CCC1C. The number of benzene rings is 1. The molecule has 1 aromatic carbocycles. The Bertz CT molecular complexity index is 433. The van der Waals surface area contributed by atoms with E-state index in [1.165, 1.54) is 18.4 Å². The van der Waals surface area contributed by atoms with Gasteiger partial charge in [0.1, 0.15) is 0 Å². The first kappa shape index (κ1) is 14.2. The normalized spacial score (nSPS) is 25.8. The number of ether oxygens (including phenoxy) is 2. The van der Waals surface area contributed by atoms with E-state index in [2.05, 4.69) is 31.3 Å². The molecule has 3 heteroatoms. The van der Waals surface area contributed by atoms with Crippen LogP contribution >= 0.6 is 0 Å². The van der Waals surface area contributed by atoms with Crippen LogP contribution in [0.15, 0.2) is 18.2 Å². The lowest BCUT2D eigenvalue weighted by Crippen LogP contribution is -2.50. The molecule has 0 aromatic heterocycles. The first-order valence-electron chi connectivity index (χ1n) is 7.11. The molecular weight excluding hydrogens is 238 g/mol. The predicted octanol–water partition coefficient (Wildman–Crippen LogP) is 2.98. The van der Waals surface area contributed by atoms with Crippen molar-refractivity contribution in [2.45, 2.75) is 32.1 Å². The lowest BCUT2D eigenvalue weighted by molar-refractivity contribution is 0.134. The van der Waals surface area contributed by atoms with Gasteiger partial charge < -0.3 is 14.8 Å². The van der Waals surface area contributed by atoms with Crippen molar-refractivity contribution in [1.29, 1.82) is 0 Å². The topological polar surface area (TPSA) is 30.5 Å². The molecule has 1 N–H and O–H groups in total. The molecule has 0 saturated heterocycles. The Kier molecular flexibility index (Phi) is 4.35. The Morgan fingerprint density at radius 2 is 2.00 bits per heavy atom. The molecule has 2 rings (SSSR count). The molecule has 3 nitrogen and oxygen atoms in total. The summed E-state index contributed by atoms with van der Waals surface area (Å²) in [6.07, 6.45) is 2.55. The van der Waals surface area contributed by atoms with Crippen LogP contribution in [-0.4, -0.2) is 27.3 Å². The van der Waals surface area contributed by atoms with E-state index in [-0.39, 0.29) is 5.41 Å². The van der Waals surface area contributed by atoms with Gasteiger partial charge in [-0.3, -0.25) is 0 Å². The van der Waals surface area contributed by atoms with Gasteiger partial charge in [0, 0.05) is 12.0 Å². The average molecular weight is 263 g/mol. The Morgan fingerprint density at radius 3 is 2.47 bits per heavy atom. The van der Waals surface area contributed by atoms with Crippen molar-refractivity contribution in [1.82, 2.24) is 5.32 Å². The minimum absolute atomic E-state index is 0.259. The predicted molar refractivity (Wildman–Crippen MR) is 78.2 cm³/mol. The zero-order valence-corrected chi connectivity index (χ0v) is 12.5. The van der Waals surface area contributed by atoms with E-state index in [1.807, 2.05) is 6.07 Å². The second-order valence-electron chi connectivity index (χ2n) is 5.45. The van der Waals surface area contributed by atoms with E-state index >= 15 is 0 Å². The van der Waals surface area contributed by atoms with E-state index in [0.29, 0.717) is 5.92 Å². The van der Waals surface area contributed by atoms with Crippen molar-refractivity contribution in [2.24, 2.45) is 5.92 Å². The molecule has 2 atom stereocenters. The second-order valence-corrected chi connectivity index (χ2v) is 5.45. The van der Waals surface area contributed by atoms with E-state index in [4.69, 9.17) is 9.47 Å². The summed E-state index contributed by atoms with van der Waals surface area (Å²) >= 11 is 0. The Balaban J connectivity index is 2.32. The van der Waals surface area contributed by atoms with E-state index in [9.17, 15) is 0 Å². The van der Waals surface area contributed by atoms with Crippen molar-refractivity contribution >= 4 is 0 Å². The number of nitrogens with one attached hydrogen (secondary N) is 1. The van der Waals surface area contributed by atoms with Gasteiger partial charge in [0.25, 0.3) is 0 Å². The van der Waals surface area contributed by atoms with Gasteiger partial charge in [-0.15, -0.1) is 0 Å². The van der Waals surface area contributed by atoms with Crippen molar-refractivity contribution in [3.05, 3.63) is 23.8 Å². The first-order valence-corrected chi connectivity index (χ1v) is 7.11. The van der Waals surface area contributed by atoms with Gasteiger partial charge in [-0.1, -0.05) is 19.9 Å². The van der Waals surface area contributed by atoms with E-state index < -0.39 is 0 Å². The van der Waals surface area contributed by atoms with Crippen LogP contribution in [0.25, 0.3) is 0 Å². The summed E-state index contributed by atoms with van der Waals surface area (Å²) in [5, 5.41) is 3.51. The highest BCUT2D eigenvalue weighted by molar-refractivity contribution is 5.46. The van der Waals surface area contributed by atoms with Crippen LogP contribution in [0.1, 0.15) is 32.3 Å². The molecule has 19 heavy (non-hydrogen) atoms. The molecule has 0 heterocycles. The van der Waals surface area contributed by atoms with Gasteiger partial charge in [0.2, 0.25) is 0 Å². The van der Waals surface area contributed by atoms with Gasteiger partial charge in [-0.05, 0) is 43.0 Å². The fourth-order valence-corrected chi connectivity index (χ4v) is 3.07. The Hall–Kier alpha value is -1.22. The maximum Gasteiger partial charge on any atom is 0.161 e. The molecule has 1 saturated carbocycles. The highest BCUT2D eigenvalue weighted by Gasteiger charge is 2.45. The van der Waals surface area contributed by atoms with Gasteiger partial charge in [-0.2, -0.15) is 0 Å². The third-order valence-electron chi connectivity index (χ3n) is 4.62. The van der Waals surface area contributed by atoms with Crippen molar-refractivity contribution in [3.8, 4) is 11.5 Å². The van der Waals surface area contributed by atoms with Gasteiger partial charge in [0.15, 0.2) is 11.5 Å². The smallest absolute Gasteiger partial charge is 0.161 e. The van der Waals surface area contributed by atoms with Gasteiger partial charge in [-0.25, -0.2) is 0 Å². The molecule has 1 aromatic rings. The maximum atomic E-state index is 5.43. The largest absolute Gasteiger partial charge is 0.493 e. The number of hydrogen-bond donors (Lipinski definition) is 1. The van der Waals surface area contributed by atoms with Gasteiger partial charge in [0.05, 0.1) is 14.2 Å². The van der Waals surface area contributed by atoms with E-state index in [0.717, 1.165) is 24.6 Å². The summed E-state index contributed by atoms with van der Waals surface area (Å²) in [4.78, 5) is 0. The zero-order chi connectivity index (χ0) is 13.9. The zero-order valence-electron chi connectivity index (χ0n) is 12.5. The monoisotopic (exact) mass is 263 g/mol. The Morgan fingerprint density at radius 1 is 1.26 bits per heavy atom. The standard InChI is InChI=1S/C16H25NO2/c1-5-17-11-16(9-8-12(16)2)13-6-7-14(18-3)15(10-13)19-4/h6-7,10,12,17H,5,8-9,11H2,1-4H3. The van der Waals surface area contributed by atoms with Crippen molar-refractivity contribution < 1.29 is 9.47 Å². The van der Waals surface area contributed by atoms with Crippen LogP contribution in [0.2, 0.25) is 0 Å². The van der Waals surface area contributed by atoms with Crippen LogP contribution in [-0.2, 0) is 5.41 Å². The highest BCUT2D eigenvalue weighted by atomic mass is 16.5. The molecule has 0 aliphatic heterocycles. The number of methoxy groups -OCH3 is 2. The third-order valence-corrected chi connectivity index (χ3v) is 4.62. The molecule has 0 radical (unpaired) electrons. The molecule has 2 unspecified atom stereocenters. The summed E-state index contributed by atoms with van der Waals surface area (Å²) in [5.41, 5.74) is 1.63. The molecule has 1 aliphatic carbocycles. The molecule has 1 fully saturated rings. The summed E-state index contributed by atoms with van der Waals surface area (Å²) in [7, 11) is 3.38. The van der Waals surface area contributed by atoms with Gasteiger partial charge >= 0.3 is 0 Å². The van der Waals surface area contributed by atoms with Crippen LogP contribution in [0.5, 0.6) is 11.5 Å². The molecule has 0 amide bonds. The lowest BCUT2D eigenvalue weighted by atomic mass is 9.57. The fraction of sp³-hybridized carbons (Fsp3) is 0.625. The summed E-state index contributed by atoms with van der Waals surface area (Å²) < 4.78 is 10.8. The fourth-order valence-electron chi connectivity index (χ4n) is 3.07. The van der Waals surface area contributed by atoms with Crippen LogP contribution in [0.3, 0.4) is 0 Å². The number of likely N-dealkylation sites (N-methyl/N-ethyl adjacent to an activating group) is 1. The van der Waals surface area contributed by atoms with E-state index in [1.54, 1.807) is 14.2 Å². The first-order chi connectivity index (χ1) is 9.17. The summed E-state index contributed by atoms with van der Waals surface area (Å²) in [6.45, 7) is 6.56. The van der Waals surface area contributed by atoms with Crippen LogP contribution in [0.4, 0.5) is 0 Å². The molecule has 0 spiro atoms. The highest BCUT2D eigenvalue weighted by Crippen LogP contribution is 2.49. The molecule has 0 bridgehead atoms.